The summed E-state index contributed by atoms with van der Waals surface area (Å²) in [7, 11) is 0. The molecule has 0 fully saturated rings. The Morgan fingerprint density at radius 3 is 2.70 bits per heavy atom. The predicted octanol–water partition coefficient (Wildman–Crippen LogP) is 5.87. The van der Waals surface area contributed by atoms with Gasteiger partial charge in [-0.25, -0.2) is 0 Å². The molecule has 0 radical (unpaired) electrons. The van der Waals surface area contributed by atoms with Crippen LogP contribution < -0.4 is 5.32 Å². The van der Waals surface area contributed by atoms with Crippen molar-refractivity contribution in [1.82, 2.24) is 5.32 Å². The van der Waals surface area contributed by atoms with Gasteiger partial charge in [0.15, 0.2) is 0 Å². The van der Waals surface area contributed by atoms with Gasteiger partial charge in [0.2, 0.25) is 0 Å². The van der Waals surface area contributed by atoms with Crippen LogP contribution in [-0.2, 0) is 0 Å². The average molecular weight is 373 g/mol. The highest BCUT2D eigenvalue weighted by Crippen LogP contribution is 2.38. The summed E-state index contributed by atoms with van der Waals surface area (Å²) in [6.07, 6.45) is 1.11. The fourth-order valence-electron chi connectivity index (χ4n) is 2.24. The van der Waals surface area contributed by atoms with Crippen LogP contribution in [0.4, 0.5) is 0 Å². The molecule has 0 aliphatic heterocycles. The summed E-state index contributed by atoms with van der Waals surface area (Å²) in [5.74, 6) is 0. The molecular formula is C16H19BrClNS. The van der Waals surface area contributed by atoms with E-state index in [1.807, 2.05) is 0 Å². The van der Waals surface area contributed by atoms with Gasteiger partial charge in [0.25, 0.3) is 0 Å². The fraction of sp³-hybridized carbons (Fsp3) is 0.375. The third-order valence-corrected chi connectivity index (χ3v) is 6.04. The first kappa shape index (κ1) is 16.0. The Labute approximate surface area is 138 Å². The molecule has 0 aliphatic rings. The van der Waals surface area contributed by atoms with E-state index in [2.05, 4.69) is 66.3 Å². The summed E-state index contributed by atoms with van der Waals surface area (Å²) in [5, 5.41) is 4.43. The van der Waals surface area contributed by atoms with E-state index in [0.717, 1.165) is 21.8 Å². The zero-order valence-corrected chi connectivity index (χ0v) is 15.1. The molecular weight excluding hydrogens is 354 g/mol. The lowest BCUT2D eigenvalue weighted by Gasteiger charge is -2.20. The van der Waals surface area contributed by atoms with Crippen LogP contribution in [0.25, 0.3) is 0 Å². The van der Waals surface area contributed by atoms with Crippen molar-refractivity contribution in [1.29, 1.82) is 0 Å². The molecule has 4 heteroatoms. The zero-order chi connectivity index (χ0) is 14.7. The van der Waals surface area contributed by atoms with Crippen molar-refractivity contribution >= 4 is 38.9 Å². The summed E-state index contributed by atoms with van der Waals surface area (Å²) in [6, 6.07) is 8.77. The topological polar surface area (TPSA) is 12.0 Å². The molecule has 0 aliphatic carbocycles. The van der Waals surface area contributed by atoms with Crippen molar-refractivity contribution in [2.75, 3.05) is 6.54 Å². The lowest BCUT2D eigenvalue weighted by atomic mass is 9.96. The van der Waals surface area contributed by atoms with Gasteiger partial charge in [0.05, 0.1) is 14.9 Å². The largest absolute Gasteiger partial charge is 0.306 e. The van der Waals surface area contributed by atoms with Crippen LogP contribution in [0.5, 0.6) is 0 Å². The minimum absolute atomic E-state index is 0.212. The first-order chi connectivity index (χ1) is 9.54. The Morgan fingerprint density at radius 1 is 1.35 bits per heavy atom. The lowest BCUT2D eigenvalue weighted by molar-refractivity contribution is 0.603. The third-order valence-electron chi connectivity index (χ3n) is 3.50. The molecule has 2 aromatic rings. The number of rotatable bonds is 5. The van der Waals surface area contributed by atoms with Crippen LogP contribution in [0.1, 0.15) is 41.0 Å². The maximum Gasteiger partial charge on any atom is 0.0888 e. The molecule has 1 nitrogen and oxygen atoms in total. The lowest BCUT2D eigenvalue weighted by Crippen LogP contribution is -2.23. The number of nitrogens with one attached hydrogen (secondary N) is 1. The van der Waals surface area contributed by atoms with E-state index in [0.29, 0.717) is 0 Å². The predicted molar refractivity (Wildman–Crippen MR) is 93.1 cm³/mol. The quantitative estimate of drug-likeness (QED) is 0.692. The highest BCUT2D eigenvalue weighted by molar-refractivity contribution is 9.11. The van der Waals surface area contributed by atoms with E-state index in [9.17, 15) is 0 Å². The monoisotopic (exact) mass is 371 g/mol. The molecule has 1 aromatic carbocycles. The van der Waals surface area contributed by atoms with Crippen molar-refractivity contribution in [3.63, 3.8) is 0 Å². The molecule has 0 amide bonds. The number of aryl methyl sites for hydroxylation is 1. The van der Waals surface area contributed by atoms with E-state index in [1.54, 1.807) is 11.3 Å². The van der Waals surface area contributed by atoms with E-state index in [1.165, 1.54) is 21.6 Å². The van der Waals surface area contributed by atoms with Crippen LogP contribution in [0.3, 0.4) is 0 Å². The second-order valence-corrected chi connectivity index (χ2v) is 7.76. The van der Waals surface area contributed by atoms with Gasteiger partial charge < -0.3 is 5.32 Å². The van der Waals surface area contributed by atoms with E-state index < -0.39 is 0 Å². The minimum Gasteiger partial charge on any atom is -0.306 e. The molecule has 1 heterocycles. The maximum absolute atomic E-state index is 6.20. The standard InChI is InChI=1S/C16H19BrClNS/c1-4-8-19-15(14-9-13(18)16(17)20-14)12-7-5-6-10(2)11(12)3/h5-7,9,15,19H,4,8H2,1-3H3. The summed E-state index contributed by atoms with van der Waals surface area (Å²) in [6.45, 7) is 7.53. The zero-order valence-electron chi connectivity index (χ0n) is 12.0. The van der Waals surface area contributed by atoms with Gasteiger partial charge >= 0.3 is 0 Å². The van der Waals surface area contributed by atoms with Gasteiger partial charge in [-0.05, 0) is 65.5 Å². The van der Waals surface area contributed by atoms with Gasteiger partial charge in [-0.3, -0.25) is 0 Å². The Kier molecular flexibility index (Phi) is 5.67. The summed E-state index contributed by atoms with van der Waals surface area (Å²) in [5.41, 5.74) is 4.01. The third kappa shape index (κ3) is 3.45. The molecule has 20 heavy (non-hydrogen) atoms. The average Bonchev–Trinajstić information content (AvgIpc) is 2.74. The number of benzene rings is 1. The highest BCUT2D eigenvalue weighted by atomic mass is 79.9. The molecule has 0 spiro atoms. The van der Waals surface area contributed by atoms with Gasteiger partial charge in [-0.2, -0.15) is 0 Å². The highest BCUT2D eigenvalue weighted by Gasteiger charge is 2.19. The van der Waals surface area contributed by atoms with Crippen LogP contribution in [0, 0.1) is 13.8 Å². The SMILES string of the molecule is CCCNC(c1cc(Cl)c(Br)s1)c1cccc(C)c1C. The van der Waals surface area contributed by atoms with Crippen LogP contribution in [0.2, 0.25) is 5.02 Å². The molecule has 0 saturated heterocycles. The smallest absolute Gasteiger partial charge is 0.0888 e. The number of halogens is 2. The molecule has 0 saturated carbocycles. The van der Waals surface area contributed by atoms with Gasteiger partial charge in [0, 0.05) is 4.88 Å². The molecule has 1 atom stereocenters. The Bertz CT molecular complexity index is 575. The summed E-state index contributed by atoms with van der Waals surface area (Å²) < 4.78 is 1.00. The number of hydrogen-bond acceptors (Lipinski definition) is 2. The van der Waals surface area contributed by atoms with Crippen LogP contribution in [0.15, 0.2) is 28.1 Å². The summed E-state index contributed by atoms with van der Waals surface area (Å²) in [4.78, 5) is 1.25. The molecule has 108 valence electrons. The van der Waals surface area contributed by atoms with E-state index in [4.69, 9.17) is 11.6 Å². The van der Waals surface area contributed by atoms with Gasteiger partial charge in [0.1, 0.15) is 0 Å². The molecule has 2 rings (SSSR count). The van der Waals surface area contributed by atoms with E-state index >= 15 is 0 Å². The van der Waals surface area contributed by atoms with Crippen molar-refractivity contribution in [3.05, 3.63) is 54.6 Å². The molecule has 1 N–H and O–H groups in total. The van der Waals surface area contributed by atoms with Crippen LogP contribution >= 0.6 is 38.9 Å². The Balaban J connectivity index is 2.44. The van der Waals surface area contributed by atoms with Gasteiger partial charge in [-0.1, -0.05) is 36.7 Å². The van der Waals surface area contributed by atoms with Crippen molar-refractivity contribution in [2.45, 2.75) is 33.2 Å². The van der Waals surface area contributed by atoms with Crippen molar-refractivity contribution in [2.24, 2.45) is 0 Å². The van der Waals surface area contributed by atoms with Crippen molar-refractivity contribution < 1.29 is 0 Å². The van der Waals surface area contributed by atoms with Gasteiger partial charge in [-0.15, -0.1) is 11.3 Å². The first-order valence-corrected chi connectivity index (χ1v) is 8.77. The number of hydrogen-bond donors (Lipinski definition) is 1. The van der Waals surface area contributed by atoms with Crippen molar-refractivity contribution in [3.8, 4) is 0 Å². The Hall–Kier alpha value is -0.350. The second-order valence-electron chi connectivity index (χ2n) is 4.95. The first-order valence-electron chi connectivity index (χ1n) is 6.78. The second kappa shape index (κ2) is 7.08. The van der Waals surface area contributed by atoms with Crippen LogP contribution in [-0.4, -0.2) is 6.54 Å². The molecule has 1 aromatic heterocycles. The minimum atomic E-state index is 0.212. The summed E-state index contributed by atoms with van der Waals surface area (Å²) >= 11 is 11.4. The molecule has 0 bridgehead atoms. The Morgan fingerprint density at radius 2 is 2.10 bits per heavy atom. The fourth-order valence-corrected chi connectivity index (χ4v) is 4.09. The van der Waals surface area contributed by atoms with E-state index in [-0.39, 0.29) is 6.04 Å². The molecule has 1 unspecified atom stereocenters. The normalized spacial score (nSPS) is 12.7. The number of thiophene rings is 1. The maximum atomic E-state index is 6.20.